The second kappa shape index (κ2) is 23.6. The van der Waals surface area contributed by atoms with E-state index in [2.05, 4.69) is 25.5 Å². The van der Waals surface area contributed by atoms with Crippen molar-refractivity contribution >= 4 is 29.4 Å². The van der Waals surface area contributed by atoms with Crippen LogP contribution in [0, 0.1) is 25.7 Å². The normalized spacial score (nSPS) is 16.7. The average Bonchev–Trinajstić information content (AvgIpc) is 3.30. The Hall–Kier alpha value is -7.15. The van der Waals surface area contributed by atoms with E-state index in [1.54, 1.807) is 44.6 Å². The molecule has 16 nitrogen and oxygen atoms in total. The smallest absolute Gasteiger partial charge is 0.416 e. The predicted octanol–water partition coefficient (Wildman–Crippen LogP) is 8.15. The van der Waals surface area contributed by atoms with Crippen molar-refractivity contribution in [3.8, 4) is 11.1 Å². The number of carboxylic acid groups (broad SMARTS) is 2. The SMILES string of the molecule is Cc1ccc(Cc2ccn([C@@H](CC(C)C)C(=O)N[C@@H](CC(=O)O)c3cncc(N4C[C@@H](C)O[C@@H](C)C4)c3)c(=O)c2)c(C)c1-c1cncc([C@H](CC(=O)O)NC(=O)[C@@H](CC(C)C)n2ccc(C(F)(F)F)cc2=O)c1. The van der Waals surface area contributed by atoms with Crippen LogP contribution in [-0.4, -0.2) is 78.4 Å². The number of amides is 2. The number of hydrogen-bond donors (Lipinski definition) is 4. The number of aliphatic carboxylic acids is 2. The summed E-state index contributed by atoms with van der Waals surface area (Å²) >= 11 is 0. The summed E-state index contributed by atoms with van der Waals surface area (Å²) in [7, 11) is 0. The maximum Gasteiger partial charge on any atom is 0.416 e. The summed E-state index contributed by atoms with van der Waals surface area (Å²) in [5.41, 5.74) is 3.55. The summed E-state index contributed by atoms with van der Waals surface area (Å²) in [4.78, 5) is 90.4. The van der Waals surface area contributed by atoms with Crippen molar-refractivity contribution in [2.45, 2.75) is 130 Å². The van der Waals surface area contributed by atoms with Gasteiger partial charge in [-0.2, -0.15) is 13.2 Å². The van der Waals surface area contributed by atoms with Gasteiger partial charge in [-0.3, -0.25) is 38.7 Å². The highest BCUT2D eigenvalue weighted by atomic mass is 19.4. The fourth-order valence-corrected chi connectivity index (χ4v) is 9.53. The van der Waals surface area contributed by atoms with Crippen molar-refractivity contribution in [2.24, 2.45) is 11.8 Å². The molecule has 0 aliphatic carbocycles. The molecular weight excluding hydrogens is 948 g/mol. The average molecular weight is 1010 g/mol. The molecule has 1 aliphatic heterocycles. The first-order valence-electron chi connectivity index (χ1n) is 24.3. The second-order valence-electron chi connectivity index (χ2n) is 19.9. The van der Waals surface area contributed by atoms with Crippen molar-refractivity contribution in [2.75, 3.05) is 18.0 Å². The van der Waals surface area contributed by atoms with Gasteiger partial charge in [-0.15, -0.1) is 0 Å². The van der Waals surface area contributed by atoms with Crippen LogP contribution in [0.4, 0.5) is 18.9 Å². The van der Waals surface area contributed by atoms with Crippen LogP contribution in [0.15, 0.2) is 95.3 Å². The van der Waals surface area contributed by atoms with E-state index in [9.17, 15) is 52.2 Å². The van der Waals surface area contributed by atoms with Crippen molar-refractivity contribution < 1.29 is 47.3 Å². The van der Waals surface area contributed by atoms with Gasteiger partial charge in [0.05, 0.1) is 54.6 Å². The number of anilines is 1. The molecule has 6 rings (SSSR count). The molecule has 1 saturated heterocycles. The first-order chi connectivity index (χ1) is 34.4. The number of alkyl halides is 3. The van der Waals surface area contributed by atoms with E-state index in [-0.39, 0.29) is 36.9 Å². The highest BCUT2D eigenvalue weighted by Crippen LogP contribution is 2.34. The van der Waals surface area contributed by atoms with Crippen LogP contribution in [0.5, 0.6) is 0 Å². The van der Waals surface area contributed by atoms with Gasteiger partial charge in [0.2, 0.25) is 11.8 Å². The van der Waals surface area contributed by atoms with Crippen LogP contribution in [0.2, 0.25) is 0 Å². The lowest BCUT2D eigenvalue weighted by Crippen LogP contribution is -2.45. The number of benzene rings is 1. The summed E-state index contributed by atoms with van der Waals surface area (Å²) < 4.78 is 48.4. The van der Waals surface area contributed by atoms with Crippen LogP contribution in [-0.2, 0) is 36.5 Å². The Morgan fingerprint density at radius 1 is 0.726 bits per heavy atom. The molecular formula is C54H64F3N7O9. The van der Waals surface area contributed by atoms with Crippen LogP contribution in [0.3, 0.4) is 0 Å². The van der Waals surface area contributed by atoms with Crippen LogP contribution in [0.25, 0.3) is 11.1 Å². The van der Waals surface area contributed by atoms with Gasteiger partial charge < -0.3 is 39.6 Å². The Kier molecular flexibility index (Phi) is 17.8. The number of morpholine rings is 1. The fraction of sp³-hybridized carbons (Fsp3) is 0.444. The number of pyridine rings is 4. The minimum atomic E-state index is -4.77. The third-order valence-electron chi connectivity index (χ3n) is 12.9. The molecule has 390 valence electrons. The number of rotatable bonds is 20. The van der Waals surface area contributed by atoms with Gasteiger partial charge in [0.15, 0.2) is 0 Å². The summed E-state index contributed by atoms with van der Waals surface area (Å²) in [6, 6.07) is 7.46. The standard InChI is InChI=1S/C54H64F3N7O9/c1-30(2)15-45(52(71)61-44(23-50(69)70)39-20-42(27-59-25-39)62-28-33(6)73-34(7)29-62)63-13-11-36(18-47(63)65)17-37-10-9-32(5)51(35(37)8)40-19-38(24-58-26-40)43(22-49(67)68)60-53(72)46(16-31(3)4)64-14-12-41(21-48(64)66)54(55,56)57/h9-14,18-21,24-27,30-31,33-34,43-46H,15-17,22-23,28-29H2,1-8H3,(H,60,72)(H,61,71)(H,67,68)(H,69,70)/t33-,34+,43-,44-,45-,46+/m0/s1. The monoisotopic (exact) mass is 1010 g/mol. The maximum atomic E-state index is 14.2. The highest BCUT2D eigenvalue weighted by molar-refractivity contribution is 5.83. The summed E-state index contributed by atoms with van der Waals surface area (Å²) in [5, 5.41) is 25.5. The van der Waals surface area contributed by atoms with E-state index >= 15 is 0 Å². The third kappa shape index (κ3) is 14.3. The Morgan fingerprint density at radius 2 is 1.25 bits per heavy atom. The first-order valence-corrected chi connectivity index (χ1v) is 24.3. The molecule has 0 bridgehead atoms. The van der Waals surface area contributed by atoms with Gasteiger partial charge in [0, 0.05) is 61.8 Å². The lowest BCUT2D eigenvalue weighted by Gasteiger charge is -2.37. The van der Waals surface area contributed by atoms with Gasteiger partial charge in [-0.1, -0.05) is 39.8 Å². The van der Waals surface area contributed by atoms with E-state index in [0.717, 1.165) is 44.8 Å². The zero-order chi connectivity index (χ0) is 53.5. The second-order valence-corrected chi connectivity index (χ2v) is 19.9. The number of carbonyl (C=O) groups excluding carboxylic acids is 2. The number of aromatic nitrogens is 4. The number of nitrogens with one attached hydrogen (secondary N) is 2. The molecule has 1 aliphatic rings. The quantitative estimate of drug-likeness (QED) is 0.0582. The fourth-order valence-electron chi connectivity index (χ4n) is 9.53. The molecule has 5 heterocycles. The molecule has 1 fully saturated rings. The Labute approximate surface area is 421 Å². The topological polar surface area (TPSA) is 215 Å². The van der Waals surface area contributed by atoms with E-state index < -0.39 is 83.6 Å². The Morgan fingerprint density at radius 3 is 1.75 bits per heavy atom. The minimum Gasteiger partial charge on any atom is -0.481 e. The molecule has 0 radical (unpaired) electrons. The molecule has 6 atom stereocenters. The van der Waals surface area contributed by atoms with Crippen molar-refractivity contribution in [1.82, 2.24) is 29.7 Å². The largest absolute Gasteiger partial charge is 0.481 e. The number of carboxylic acids is 2. The zero-order valence-electron chi connectivity index (χ0n) is 42.3. The number of ether oxygens (including phenoxy) is 1. The maximum absolute atomic E-state index is 14.2. The molecule has 0 saturated carbocycles. The van der Waals surface area contributed by atoms with E-state index in [0.29, 0.717) is 47.8 Å². The van der Waals surface area contributed by atoms with Gasteiger partial charge in [0.25, 0.3) is 11.1 Å². The summed E-state index contributed by atoms with van der Waals surface area (Å²) in [6.07, 6.45) is 3.62. The van der Waals surface area contributed by atoms with E-state index in [4.69, 9.17) is 4.74 Å². The first kappa shape index (κ1) is 55.2. The lowest BCUT2D eigenvalue weighted by atomic mass is 9.89. The number of carbonyl (C=O) groups is 4. The minimum absolute atomic E-state index is 0.0200. The molecule has 0 unspecified atom stereocenters. The van der Waals surface area contributed by atoms with Crippen molar-refractivity contribution in [1.29, 1.82) is 0 Å². The van der Waals surface area contributed by atoms with Gasteiger partial charge >= 0.3 is 18.1 Å². The van der Waals surface area contributed by atoms with Crippen LogP contribution < -0.4 is 26.7 Å². The number of hydrogen-bond acceptors (Lipinski definition) is 10. The summed E-state index contributed by atoms with van der Waals surface area (Å²) in [5.74, 6) is -3.83. The number of nitrogens with zero attached hydrogens (tertiary/aromatic N) is 5. The molecule has 1 aromatic carbocycles. The van der Waals surface area contributed by atoms with Gasteiger partial charge in [-0.25, -0.2) is 0 Å². The van der Waals surface area contributed by atoms with E-state index in [1.807, 2.05) is 59.7 Å². The van der Waals surface area contributed by atoms with Crippen LogP contribution in [0.1, 0.15) is 130 Å². The van der Waals surface area contributed by atoms with Crippen molar-refractivity contribution in [3.05, 3.63) is 145 Å². The highest BCUT2D eigenvalue weighted by Gasteiger charge is 2.34. The van der Waals surface area contributed by atoms with Gasteiger partial charge in [-0.05, 0) is 122 Å². The molecule has 73 heavy (non-hydrogen) atoms. The number of aryl methyl sites for hydroxylation is 1. The third-order valence-corrected chi connectivity index (χ3v) is 12.9. The zero-order valence-corrected chi connectivity index (χ0v) is 42.3. The van der Waals surface area contributed by atoms with Crippen molar-refractivity contribution in [3.63, 3.8) is 0 Å². The molecule has 0 spiro atoms. The van der Waals surface area contributed by atoms with E-state index in [1.165, 1.54) is 23.0 Å². The number of halogens is 3. The van der Waals surface area contributed by atoms with Gasteiger partial charge in [0.1, 0.15) is 12.1 Å². The molecule has 19 heteroatoms. The Balaban J connectivity index is 1.24. The van der Waals surface area contributed by atoms with Crippen LogP contribution >= 0.6 is 0 Å². The predicted molar refractivity (Wildman–Crippen MR) is 268 cm³/mol. The molecule has 2 amide bonds. The Bertz CT molecular complexity index is 2930. The molecule has 5 aromatic rings. The lowest BCUT2D eigenvalue weighted by molar-refractivity contribution is -0.139. The summed E-state index contributed by atoms with van der Waals surface area (Å²) in [6.45, 7) is 16.4. The molecule has 4 aromatic heterocycles. The molecule has 4 N–H and O–H groups in total.